The molecule has 25 heavy (non-hydrogen) atoms. The Balaban J connectivity index is 1.59. The summed E-state index contributed by atoms with van der Waals surface area (Å²) in [5.74, 6) is 0.314. The number of carbonyl (C=O) groups is 1. The van der Waals surface area contributed by atoms with E-state index in [9.17, 15) is 18.0 Å². The summed E-state index contributed by atoms with van der Waals surface area (Å²) in [6.07, 6.45) is -3.83. The number of fused-ring (bicyclic) bond motifs is 1. The molecule has 0 saturated carbocycles. The van der Waals surface area contributed by atoms with E-state index in [0.717, 1.165) is 23.4 Å². The van der Waals surface area contributed by atoms with Gasteiger partial charge in [-0.05, 0) is 24.3 Å². The standard InChI is InChI=1S/C18H16F3NO3/c19-18(20,21)12-4-3-5-13(10-12)25-11-17(23)22-15-8-9-24-16-7-2-1-6-14(15)16/h1-7,10,15H,8-9,11H2,(H,22,23). The van der Waals surface area contributed by atoms with Gasteiger partial charge in [-0.15, -0.1) is 0 Å². The van der Waals surface area contributed by atoms with Crippen molar-refractivity contribution in [2.24, 2.45) is 0 Å². The highest BCUT2D eigenvalue weighted by atomic mass is 19.4. The van der Waals surface area contributed by atoms with Gasteiger partial charge in [-0.3, -0.25) is 4.79 Å². The first-order chi connectivity index (χ1) is 11.9. The summed E-state index contributed by atoms with van der Waals surface area (Å²) >= 11 is 0. The van der Waals surface area contributed by atoms with Crippen LogP contribution in [0.5, 0.6) is 11.5 Å². The van der Waals surface area contributed by atoms with Crippen molar-refractivity contribution in [1.82, 2.24) is 5.32 Å². The minimum Gasteiger partial charge on any atom is -0.493 e. The minimum atomic E-state index is -4.45. The fourth-order valence-corrected chi connectivity index (χ4v) is 2.64. The molecule has 2 aromatic rings. The van der Waals surface area contributed by atoms with E-state index in [-0.39, 0.29) is 18.4 Å². The SMILES string of the molecule is O=C(COc1cccc(C(F)(F)F)c1)NC1CCOc2ccccc21. The van der Waals surface area contributed by atoms with Crippen LogP contribution in [0.15, 0.2) is 48.5 Å². The Morgan fingerprint density at radius 1 is 1.20 bits per heavy atom. The summed E-state index contributed by atoms with van der Waals surface area (Å²) in [5, 5.41) is 2.82. The quantitative estimate of drug-likeness (QED) is 0.913. The van der Waals surface area contributed by atoms with Gasteiger partial charge >= 0.3 is 6.18 Å². The molecule has 1 N–H and O–H groups in total. The largest absolute Gasteiger partial charge is 0.493 e. The number of halogens is 3. The average Bonchev–Trinajstić information content (AvgIpc) is 2.60. The van der Waals surface area contributed by atoms with Crippen LogP contribution in [-0.4, -0.2) is 19.1 Å². The summed E-state index contributed by atoms with van der Waals surface area (Å²) in [5.41, 5.74) is 0.0601. The number of ether oxygens (including phenoxy) is 2. The molecule has 0 aromatic heterocycles. The van der Waals surface area contributed by atoms with Gasteiger partial charge in [0.05, 0.1) is 18.2 Å². The molecule has 0 saturated heterocycles. The molecule has 0 bridgehead atoms. The molecule has 4 nitrogen and oxygen atoms in total. The Hall–Kier alpha value is -2.70. The monoisotopic (exact) mass is 351 g/mol. The van der Waals surface area contributed by atoms with Gasteiger partial charge in [0.1, 0.15) is 11.5 Å². The second kappa shape index (κ2) is 7.04. The highest BCUT2D eigenvalue weighted by Crippen LogP contribution is 2.32. The molecule has 7 heteroatoms. The van der Waals surface area contributed by atoms with Crippen LogP contribution in [0, 0.1) is 0 Å². The fourth-order valence-electron chi connectivity index (χ4n) is 2.64. The first-order valence-corrected chi connectivity index (χ1v) is 7.74. The number of para-hydroxylation sites is 1. The van der Waals surface area contributed by atoms with Crippen molar-refractivity contribution in [2.75, 3.05) is 13.2 Å². The zero-order valence-corrected chi connectivity index (χ0v) is 13.2. The lowest BCUT2D eigenvalue weighted by Gasteiger charge is -2.26. The number of alkyl halides is 3. The second-order valence-electron chi connectivity index (χ2n) is 5.61. The smallest absolute Gasteiger partial charge is 0.416 e. The van der Waals surface area contributed by atoms with Crippen molar-refractivity contribution in [3.63, 3.8) is 0 Å². The van der Waals surface area contributed by atoms with Crippen molar-refractivity contribution in [3.05, 3.63) is 59.7 Å². The Bertz CT molecular complexity index is 761. The normalized spacial score (nSPS) is 16.5. The summed E-state index contributed by atoms with van der Waals surface area (Å²) in [7, 11) is 0. The van der Waals surface area contributed by atoms with Gasteiger partial charge in [0.15, 0.2) is 6.61 Å². The highest BCUT2D eigenvalue weighted by Gasteiger charge is 2.30. The van der Waals surface area contributed by atoms with E-state index in [1.165, 1.54) is 12.1 Å². The van der Waals surface area contributed by atoms with Crippen LogP contribution in [0.25, 0.3) is 0 Å². The van der Waals surface area contributed by atoms with Crippen LogP contribution >= 0.6 is 0 Å². The van der Waals surface area contributed by atoms with Crippen LogP contribution in [0.2, 0.25) is 0 Å². The molecule has 0 radical (unpaired) electrons. The molecule has 3 rings (SSSR count). The first kappa shape index (κ1) is 17.1. The zero-order chi connectivity index (χ0) is 17.9. The van der Waals surface area contributed by atoms with Crippen molar-refractivity contribution in [2.45, 2.75) is 18.6 Å². The molecule has 1 aliphatic rings. The van der Waals surface area contributed by atoms with Crippen LogP contribution in [0.4, 0.5) is 13.2 Å². The van der Waals surface area contributed by atoms with Crippen molar-refractivity contribution in [3.8, 4) is 11.5 Å². The predicted molar refractivity (Wildman–Crippen MR) is 84.4 cm³/mol. The van der Waals surface area contributed by atoms with Crippen molar-refractivity contribution in [1.29, 1.82) is 0 Å². The van der Waals surface area contributed by atoms with Crippen molar-refractivity contribution < 1.29 is 27.4 Å². The molecule has 2 aromatic carbocycles. The molecule has 132 valence electrons. The third-order valence-corrected chi connectivity index (χ3v) is 3.83. The van der Waals surface area contributed by atoms with Gasteiger partial charge in [0, 0.05) is 12.0 Å². The van der Waals surface area contributed by atoms with Gasteiger partial charge in [0.25, 0.3) is 5.91 Å². The molecule has 1 aliphatic heterocycles. The van der Waals surface area contributed by atoms with E-state index in [0.29, 0.717) is 13.0 Å². The minimum absolute atomic E-state index is 0.00245. The number of benzene rings is 2. The van der Waals surface area contributed by atoms with E-state index in [1.807, 2.05) is 24.3 Å². The number of hydrogen-bond acceptors (Lipinski definition) is 3. The zero-order valence-electron chi connectivity index (χ0n) is 13.2. The van der Waals surface area contributed by atoms with E-state index in [1.54, 1.807) is 0 Å². The average molecular weight is 351 g/mol. The Morgan fingerprint density at radius 2 is 2.00 bits per heavy atom. The number of rotatable bonds is 4. The van der Waals surface area contributed by atoms with Crippen LogP contribution in [-0.2, 0) is 11.0 Å². The molecule has 1 heterocycles. The second-order valence-corrected chi connectivity index (χ2v) is 5.61. The molecule has 1 unspecified atom stereocenters. The van der Waals surface area contributed by atoms with E-state index in [4.69, 9.17) is 9.47 Å². The molecular formula is C18H16F3NO3. The number of carbonyl (C=O) groups excluding carboxylic acids is 1. The summed E-state index contributed by atoms with van der Waals surface area (Å²) in [6, 6.07) is 11.6. The predicted octanol–water partition coefficient (Wildman–Crippen LogP) is 3.72. The molecular weight excluding hydrogens is 335 g/mol. The number of nitrogens with one attached hydrogen (secondary N) is 1. The maximum atomic E-state index is 12.7. The third-order valence-electron chi connectivity index (χ3n) is 3.83. The van der Waals surface area contributed by atoms with E-state index in [2.05, 4.69) is 5.32 Å². The summed E-state index contributed by atoms with van der Waals surface area (Å²) in [6.45, 7) is 0.122. The first-order valence-electron chi connectivity index (χ1n) is 7.74. The number of hydrogen-bond donors (Lipinski definition) is 1. The van der Waals surface area contributed by atoms with Crippen LogP contribution < -0.4 is 14.8 Å². The lowest BCUT2D eigenvalue weighted by atomic mass is 10.0. The maximum absolute atomic E-state index is 12.7. The molecule has 0 aliphatic carbocycles. The van der Waals surface area contributed by atoms with Crippen LogP contribution in [0.3, 0.4) is 0 Å². The van der Waals surface area contributed by atoms with Crippen molar-refractivity contribution >= 4 is 5.91 Å². The Morgan fingerprint density at radius 3 is 2.80 bits per heavy atom. The molecule has 0 spiro atoms. The van der Waals surface area contributed by atoms with Gasteiger partial charge in [-0.25, -0.2) is 0 Å². The fraction of sp³-hybridized carbons (Fsp3) is 0.278. The van der Waals surface area contributed by atoms with E-state index < -0.39 is 17.6 Å². The lowest BCUT2D eigenvalue weighted by Crippen LogP contribution is -2.35. The van der Waals surface area contributed by atoms with E-state index >= 15 is 0 Å². The summed E-state index contributed by atoms with van der Waals surface area (Å²) < 4.78 is 48.7. The molecule has 1 atom stereocenters. The Labute approximate surface area is 142 Å². The number of amides is 1. The molecule has 1 amide bonds. The van der Waals surface area contributed by atoms with Gasteiger partial charge < -0.3 is 14.8 Å². The topological polar surface area (TPSA) is 47.6 Å². The van der Waals surface area contributed by atoms with Gasteiger partial charge in [0.2, 0.25) is 0 Å². The van der Waals surface area contributed by atoms with Gasteiger partial charge in [-0.1, -0.05) is 24.3 Å². The van der Waals surface area contributed by atoms with Crippen LogP contribution in [0.1, 0.15) is 23.6 Å². The Kier molecular flexibility index (Phi) is 4.83. The third kappa shape index (κ3) is 4.23. The highest BCUT2D eigenvalue weighted by molar-refractivity contribution is 5.78. The maximum Gasteiger partial charge on any atom is 0.416 e. The lowest BCUT2D eigenvalue weighted by molar-refractivity contribution is -0.137. The molecule has 0 fully saturated rings. The van der Waals surface area contributed by atoms with Gasteiger partial charge in [-0.2, -0.15) is 13.2 Å². The summed E-state index contributed by atoms with van der Waals surface area (Å²) in [4.78, 5) is 12.1.